The van der Waals surface area contributed by atoms with E-state index in [1.165, 1.54) is 11.3 Å². The highest BCUT2D eigenvalue weighted by Gasteiger charge is 2.21. The summed E-state index contributed by atoms with van der Waals surface area (Å²) in [5, 5.41) is 12.1. The lowest BCUT2D eigenvalue weighted by molar-refractivity contribution is -0.114. The Morgan fingerprint density at radius 1 is 1.10 bits per heavy atom. The fraction of sp³-hybridized carbons (Fsp3) is 0.211. The Balaban J connectivity index is 1.73. The second-order valence-electron chi connectivity index (χ2n) is 6.26. The number of hydrogen-bond donors (Lipinski definition) is 1. The van der Waals surface area contributed by atoms with Crippen molar-refractivity contribution in [1.82, 2.24) is 10.2 Å². The van der Waals surface area contributed by atoms with Crippen molar-refractivity contribution >= 4 is 49.7 Å². The SMILES string of the molecule is CCc1ccc(N(CC(=O)Nc2nnc(-c3ccc(Cl)cc3)s2)S(C)(=O)=O)cc1. The Morgan fingerprint density at radius 3 is 2.34 bits per heavy atom. The van der Waals surface area contributed by atoms with Gasteiger partial charge in [-0.1, -0.05) is 54.1 Å². The van der Waals surface area contributed by atoms with Crippen LogP contribution in [-0.2, 0) is 21.2 Å². The largest absolute Gasteiger partial charge is 0.299 e. The zero-order valence-corrected chi connectivity index (χ0v) is 18.2. The second-order valence-corrected chi connectivity index (χ2v) is 9.58. The van der Waals surface area contributed by atoms with Gasteiger partial charge in [-0.3, -0.25) is 14.4 Å². The highest BCUT2D eigenvalue weighted by molar-refractivity contribution is 7.92. The molecule has 0 atom stereocenters. The van der Waals surface area contributed by atoms with E-state index in [1.807, 2.05) is 19.1 Å². The summed E-state index contributed by atoms with van der Waals surface area (Å²) >= 11 is 7.07. The number of benzene rings is 2. The van der Waals surface area contributed by atoms with Crippen molar-refractivity contribution in [2.24, 2.45) is 0 Å². The number of nitrogens with zero attached hydrogens (tertiary/aromatic N) is 3. The van der Waals surface area contributed by atoms with Crippen LogP contribution in [0.2, 0.25) is 5.02 Å². The van der Waals surface area contributed by atoms with Crippen LogP contribution >= 0.6 is 22.9 Å². The summed E-state index contributed by atoms with van der Waals surface area (Å²) in [5.41, 5.74) is 2.33. The van der Waals surface area contributed by atoms with Crippen molar-refractivity contribution in [2.45, 2.75) is 13.3 Å². The predicted molar refractivity (Wildman–Crippen MR) is 117 cm³/mol. The molecule has 1 N–H and O–H groups in total. The Labute approximate surface area is 178 Å². The molecule has 0 unspecified atom stereocenters. The number of aromatic nitrogens is 2. The lowest BCUT2D eigenvalue weighted by Gasteiger charge is -2.21. The van der Waals surface area contributed by atoms with Crippen molar-refractivity contribution in [3.8, 4) is 10.6 Å². The summed E-state index contributed by atoms with van der Waals surface area (Å²) in [7, 11) is -3.64. The maximum absolute atomic E-state index is 12.5. The number of rotatable bonds is 7. The van der Waals surface area contributed by atoms with Crippen LogP contribution < -0.4 is 9.62 Å². The Morgan fingerprint density at radius 2 is 1.76 bits per heavy atom. The van der Waals surface area contributed by atoms with Crippen LogP contribution in [0, 0.1) is 0 Å². The minimum atomic E-state index is -3.64. The van der Waals surface area contributed by atoms with Gasteiger partial charge in [0.15, 0.2) is 0 Å². The molecule has 0 aliphatic carbocycles. The molecule has 29 heavy (non-hydrogen) atoms. The lowest BCUT2D eigenvalue weighted by Crippen LogP contribution is -2.37. The molecule has 0 radical (unpaired) electrons. The van der Waals surface area contributed by atoms with Gasteiger partial charge < -0.3 is 0 Å². The predicted octanol–water partition coefficient (Wildman–Crippen LogP) is 3.83. The van der Waals surface area contributed by atoms with Crippen LogP contribution in [-0.4, -0.2) is 37.3 Å². The first-order valence-electron chi connectivity index (χ1n) is 8.72. The molecule has 0 bridgehead atoms. The molecule has 7 nitrogen and oxygen atoms in total. The molecular formula is C19H19ClN4O3S2. The van der Waals surface area contributed by atoms with Crippen LogP contribution in [0.4, 0.5) is 10.8 Å². The zero-order valence-electron chi connectivity index (χ0n) is 15.8. The monoisotopic (exact) mass is 450 g/mol. The molecular weight excluding hydrogens is 432 g/mol. The summed E-state index contributed by atoms with van der Waals surface area (Å²) in [4.78, 5) is 12.5. The highest BCUT2D eigenvalue weighted by atomic mass is 35.5. The van der Waals surface area contributed by atoms with Gasteiger partial charge in [-0.05, 0) is 36.2 Å². The number of aryl methyl sites for hydroxylation is 1. The van der Waals surface area contributed by atoms with E-state index in [2.05, 4.69) is 15.5 Å². The summed E-state index contributed by atoms with van der Waals surface area (Å²) < 4.78 is 25.5. The first-order chi connectivity index (χ1) is 13.8. The number of amides is 1. The van der Waals surface area contributed by atoms with Crippen LogP contribution in [0.15, 0.2) is 48.5 Å². The van der Waals surface area contributed by atoms with Gasteiger partial charge in [0.2, 0.25) is 21.1 Å². The Bertz CT molecular complexity index is 1100. The third kappa shape index (κ3) is 5.53. The smallest absolute Gasteiger partial charge is 0.246 e. The van der Waals surface area contributed by atoms with E-state index in [0.29, 0.717) is 15.7 Å². The van der Waals surface area contributed by atoms with E-state index in [9.17, 15) is 13.2 Å². The van der Waals surface area contributed by atoms with Gasteiger partial charge in [-0.25, -0.2) is 8.42 Å². The van der Waals surface area contributed by atoms with Crippen LogP contribution in [0.5, 0.6) is 0 Å². The van der Waals surface area contributed by atoms with Gasteiger partial charge >= 0.3 is 0 Å². The van der Waals surface area contributed by atoms with Crippen LogP contribution in [0.3, 0.4) is 0 Å². The van der Waals surface area contributed by atoms with Crippen LogP contribution in [0.25, 0.3) is 10.6 Å². The van der Waals surface area contributed by atoms with Crippen LogP contribution in [0.1, 0.15) is 12.5 Å². The molecule has 1 aromatic heterocycles. The van der Waals surface area contributed by atoms with E-state index < -0.39 is 15.9 Å². The van der Waals surface area contributed by atoms with Crippen molar-refractivity contribution in [1.29, 1.82) is 0 Å². The minimum Gasteiger partial charge on any atom is -0.299 e. The number of anilines is 2. The van der Waals surface area contributed by atoms with Gasteiger partial charge in [-0.2, -0.15) is 0 Å². The molecule has 3 rings (SSSR count). The Kier molecular flexibility index (Phi) is 6.51. The van der Waals surface area contributed by atoms with Gasteiger partial charge in [-0.15, -0.1) is 10.2 Å². The summed E-state index contributed by atoms with van der Waals surface area (Å²) in [5.74, 6) is -0.506. The number of nitrogens with one attached hydrogen (secondary N) is 1. The van der Waals surface area contributed by atoms with E-state index in [0.717, 1.165) is 28.1 Å². The zero-order chi connectivity index (χ0) is 21.0. The maximum Gasteiger partial charge on any atom is 0.246 e. The summed E-state index contributed by atoms with van der Waals surface area (Å²) in [6.45, 7) is 1.65. The third-order valence-corrected chi connectivity index (χ3v) is 6.36. The molecule has 2 aromatic carbocycles. The van der Waals surface area contributed by atoms with Crippen molar-refractivity contribution in [3.63, 3.8) is 0 Å². The van der Waals surface area contributed by atoms with Crippen molar-refractivity contribution < 1.29 is 13.2 Å². The molecule has 1 amide bonds. The van der Waals surface area contributed by atoms with Crippen molar-refractivity contribution in [2.75, 3.05) is 22.4 Å². The molecule has 10 heteroatoms. The quantitative estimate of drug-likeness (QED) is 0.590. The fourth-order valence-corrected chi connectivity index (χ4v) is 4.32. The standard InChI is InChI=1S/C19H19ClN4O3S2/c1-3-13-4-10-16(11-5-13)24(29(2,26)27)12-17(25)21-19-23-22-18(28-19)14-6-8-15(20)9-7-14/h4-11H,3,12H2,1-2H3,(H,21,23,25). The van der Waals surface area contributed by atoms with Gasteiger partial charge in [0.25, 0.3) is 0 Å². The molecule has 0 spiro atoms. The van der Waals surface area contributed by atoms with Gasteiger partial charge in [0, 0.05) is 10.6 Å². The Hall–Kier alpha value is -2.49. The first kappa shape index (κ1) is 21.2. The third-order valence-electron chi connectivity index (χ3n) is 4.08. The molecule has 0 saturated carbocycles. The highest BCUT2D eigenvalue weighted by Crippen LogP contribution is 2.27. The number of halogens is 1. The lowest BCUT2D eigenvalue weighted by atomic mass is 10.1. The molecule has 0 fully saturated rings. The number of carbonyl (C=O) groups excluding carboxylic acids is 1. The number of sulfonamides is 1. The topological polar surface area (TPSA) is 92.3 Å². The molecule has 0 aliphatic rings. The molecule has 0 aliphatic heterocycles. The number of carbonyl (C=O) groups is 1. The van der Waals surface area contributed by atoms with Gasteiger partial charge in [0.05, 0.1) is 11.9 Å². The van der Waals surface area contributed by atoms with Crippen molar-refractivity contribution in [3.05, 3.63) is 59.1 Å². The minimum absolute atomic E-state index is 0.287. The fourth-order valence-electron chi connectivity index (χ4n) is 2.57. The summed E-state index contributed by atoms with van der Waals surface area (Å²) in [6, 6.07) is 14.2. The number of hydrogen-bond acceptors (Lipinski definition) is 6. The van der Waals surface area contributed by atoms with E-state index >= 15 is 0 Å². The second kappa shape index (κ2) is 8.89. The van der Waals surface area contributed by atoms with E-state index in [4.69, 9.17) is 11.6 Å². The summed E-state index contributed by atoms with van der Waals surface area (Å²) in [6.07, 6.45) is 1.91. The molecule has 1 heterocycles. The van der Waals surface area contributed by atoms with E-state index in [1.54, 1.807) is 36.4 Å². The van der Waals surface area contributed by atoms with E-state index in [-0.39, 0.29) is 11.7 Å². The molecule has 152 valence electrons. The average molecular weight is 451 g/mol. The van der Waals surface area contributed by atoms with Gasteiger partial charge in [0.1, 0.15) is 11.6 Å². The maximum atomic E-state index is 12.5. The average Bonchev–Trinajstić information content (AvgIpc) is 3.14. The normalized spacial score (nSPS) is 11.3. The first-order valence-corrected chi connectivity index (χ1v) is 11.8. The molecule has 0 saturated heterocycles. The molecule has 3 aromatic rings.